The highest BCUT2D eigenvalue weighted by Crippen LogP contribution is 2.16. The molecule has 0 bridgehead atoms. The lowest BCUT2D eigenvalue weighted by atomic mass is 10.1. The average molecular weight is 420 g/mol. The number of halogens is 1. The third-order valence-electron chi connectivity index (χ3n) is 4.29. The van der Waals surface area contributed by atoms with Crippen LogP contribution in [-0.4, -0.2) is 17.8 Å². The van der Waals surface area contributed by atoms with Crippen molar-refractivity contribution in [3.8, 4) is 5.75 Å². The van der Waals surface area contributed by atoms with Crippen molar-refractivity contribution in [2.75, 3.05) is 5.32 Å². The Labute approximate surface area is 179 Å². The zero-order valence-electron chi connectivity index (χ0n) is 16.9. The lowest BCUT2D eigenvalue weighted by molar-refractivity contribution is -0.131. The first-order valence-electron chi connectivity index (χ1n) is 9.59. The van der Waals surface area contributed by atoms with Gasteiger partial charge in [0.15, 0.2) is 0 Å². The van der Waals surface area contributed by atoms with Gasteiger partial charge in [0.25, 0.3) is 5.91 Å². The Morgan fingerprint density at radius 1 is 0.903 bits per heavy atom. The molecule has 3 aromatic rings. The van der Waals surface area contributed by atoms with Gasteiger partial charge < -0.3 is 15.4 Å². The van der Waals surface area contributed by atoms with Gasteiger partial charge in [-0.2, -0.15) is 0 Å². The molecule has 7 heteroatoms. The summed E-state index contributed by atoms with van der Waals surface area (Å²) in [6.07, 6.45) is 0.0763. The number of anilines is 1. The molecule has 0 radical (unpaired) electrons. The van der Waals surface area contributed by atoms with Crippen LogP contribution in [0.1, 0.15) is 28.4 Å². The normalized spacial score (nSPS) is 10.3. The minimum Gasteiger partial charge on any atom is -0.427 e. The molecular weight excluding hydrogens is 399 g/mol. The van der Waals surface area contributed by atoms with Crippen molar-refractivity contribution in [1.29, 1.82) is 0 Å². The highest BCUT2D eigenvalue weighted by atomic mass is 19.1. The number of rotatable bonds is 7. The SMILES string of the molecule is CC(=O)Oc1cccc(C(=O)Nc2cccc(CNC(=O)Cc3cccc(F)c3)c2)c1. The first-order chi connectivity index (χ1) is 14.9. The number of carbonyl (C=O) groups is 3. The summed E-state index contributed by atoms with van der Waals surface area (Å²) in [5, 5.41) is 5.56. The molecule has 0 fully saturated rings. The summed E-state index contributed by atoms with van der Waals surface area (Å²) < 4.78 is 18.2. The number of nitrogens with one attached hydrogen (secondary N) is 2. The standard InChI is InChI=1S/C24H21FN2O4/c1-16(28)31-22-10-4-7-19(14-22)24(30)27-21-9-3-6-18(12-21)15-26-23(29)13-17-5-2-8-20(25)11-17/h2-12,14H,13,15H2,1H3,(H,26,29)(H,27,30). The van der Waals surface area contributed by atoms with E-state index in [9.17, 15) is 18.8 Å². The van der Waals surface area contributed by atoms with Gasteiger partial charge in [-0.05, 0) is 53.6 Å². The topological polar surface area (TPSA) is 84.5 Å². The lowest BCUT2D eigenvalue weighted by Gasteiger charge is -2.10. The molecule has 3 aromatic carbocycles. The van der Waals surface area contributed by atoms with Crippen molar-refractivity contribution in [2.45, 2.75) is 19.9 Å². The molecule has 0 atom stereocenters. The van der Waals surface area contributed by atoms with Crippen LogP contribution >= 0.6 is 0 Å². The van der Waals surface area contributed by atoms with Gasteiger partial charge in [-0.15, -0.1) is 0 Å². The van der Waals surface area contributed by atoms with Crippen molar-refractivity contribution in [1.82, 2.24) is 5.32 Å². The molecule has 2 amide bonds. The fourth-order valence-electron chi connectivity index (χ4n) is 2.92. The van der Waals surface area contributed by atoms with E-state index < -0.39 is 5.97 Å². The predicted molar refractivity (Wildman–Crippen MR) is 114 cm³/mol. The van der Waals surface area contributed by atoms with Crippen LogP contribution in [0.2, 0.25) is 0 Å². The van der Waals surface area contributed by atoms with Crippen molar-refractivity contribution in [3.63, 3.8) is 0 Å². The number of amides is 2. The Morgan fingerprint density at radius 3 is 2.42 bits per heavy atom. The largest absolute Gasteiger partial charge is 0.427 e. The molecule has 2 N–H and O–H groups in total. The van der Waals surface area contributed by atoms with Crippen LogP contribution in [0.4, 0.5) is 10.1 Å². The van der Waals surface area contributed by atoms with Crippen molar-refractivity contribution in [2.24, 2.45) is 0 Å². The minimum absolute atomic E-state index is 0.0763. The zero-order chi connectivity index (χ0) is 22.2. The van der Waals surface area contributed by atoms with Gasteiger partial charge in [-0.3, -0.25) is 14.4 Å². The number of hydrogen-bond donors (Lipinski definition) is 2. The molecule has 0 saturated heterocycles. The highest BCUT2D eigenvalue weighted by Gasteiger charge is 2.09. The third-order valence-corrected chi connectivity index (χ3v) is 4.29. The predicted octanol–water partition coefficient (Wildman–Crippen LogP) is 3.86. The first-order valence-corrected chi connectivity index (χ1v) is 9.59. The quantitative estimate of drug-likeness (QED) is 0.449. The Hall–Kier alpha value is -4.00. The smallest absolute Gasteiger partial charge is 0.308 e. The van der Waals surface area contributed by atoms with Crippen LogP contribution < -0.4 is 15.4 Å². The fourth-order valence-corrected chi connectivity index (χ4v) is 2.92. The van der Waals surface area contributed by atoms with E-state index in [2.05, 4.69) is 10.6 Å². The second-order valence-electron chi connectivity index (χ2n) is 6.86. The molecule has 31 heavy (non-hydrogen) atoms. The zero-order valence-corrected chi connectivity index (χ0v) is 16.9. The van der Waals surface area contributed by atoms with Crippen LogP contribution in [0.25, 0.3) is 0 Å². The summed E-state index contributed by atoms with van der Waals surface area (Å²) in [6, 6.07) is 19.3. The van der Waals surface area contributed by atoms with Gasteiger partial charge >= 0.3 is 5.97 Å². The van der Waals surface area contributed by atoms with E-state index in [1.54, 1.807) is 48.5 Å². The van der Waals surface area contributed by atoms with E-state index in [1.807, 2.05) is 6.07 Å². The molecule has 0 aliphatic heterocycles. The maximum absolute atomic E-state index is 13.2. The number of esters is 1. The van der Waals surface area contributed by atoms with Gasteiger partial charge in [0.2, 0.25) is 5.91 Å². The van der Waals surface area contributed by atoms with Crippen LogP contribution in [0, 0.1) is 5.82 Å². The Balaban J connectivity index is 1.58. The molecule has 0 aromatic heterocycles. The Morgan fingerprint density at radius 2 is 1.65 bits per heavy atom. The van der Waals surface area contributed by atoms with E-state index in [0.29, 0.717) is 16.8 Å². The number of benzene rings is 3. The number of carbonyl (C=O) groups excluding carboxylic acids is 3. The molecular formula is C24H21FN2O4. The number of ether oxygens (including phenoxy) is 1. The fraction of sp³-hybridized carbons (Fsp3) is 0.125. The lowest BCUT2D eigenvalue weighted by Crippen LogP contribution is -2.24. The van der Waals surface area contributed by atoms with E-state index >= 15 is 0 Å². The summed E-state index contributed by atoms with van der Waals surface area (Å²) >= 11 is 0. The highest BCUT2D eigenvalue weighted by molar-refractivity contribution is 6.04. The van der Waals surface area contributed by atoms with Gasteiger partial charge in [0, 0.05) is 24.7 Å². The molecule has 0 saturated carbocycles. The molecule has 0 heterocycles. The number of hydrogen-bond acceptors (Lipinski definition) is 4. The van der Waals surface area contributed by atoms with Gasteiger partial charge in [-0.1, -0.05) is 30.3 Å². The Bertz CT molecular complexity index is 1110. The minimum atomic E-state index is -0.468. The molecule has 0 aliphatic rings. The van der Waals surface area contributed by atoms with Crippen LogP contribution in [-0.2, 0) is 22.6 Å². The van der Waals surface area contributed by atoms with Crippen molar-refractivity contribution < 1.29 is 23.5 Å². The Kier molecular flexibility index (Phi) is 7.11. The summed E-state index contributed by atoms with van der Waals surface area (Å²) in [4.78, 5) is 35.7. The van der Waals surface area contributed by atoms with Gasteiger partial charge in [0.05, 0.1) is 6.42 Å². The third kappa shape index (κ3) is 6.78. The maximum Gasteiger partial charge on any atom is 0.308 e. The van der Waals surface area contributed by atoms with Crippen molar-refractivity contribution in [3.05, 3.63) is 95.3 Å². The monoisotopic (exact) mass is 420 g/mol. The van der Waals surface area contributed by atoms with Crippen LogP contribution in [0.15, 0.2) is 72.8 Å². The molecule has 158 valence electrons. The van der Waals surface area contributed by atoms with Crippen molar-refractivity contribution >= 4 is 23.5 Å². The summed E-state index contributed by atoms with van der Waals surface area (Å²) in [7, 11) is 0. The van der Waals surface area contributed by atoms with E-state index in [4.69, 9.17) is 4.74 Å². The molecule has 0 spiro atoms. The second kappa shape index (κ2) is 10.2. The van der Waals surface area contributed by atoms with Crippen LogP contribution in [0.3, 0.4) is 0 Å². The van der Waals surface area contributed by atoms with Gasteiger partial charge in [0.1, 0.15) is 11.6 Å². The van der Waals surface area contributed by atoms with E-state index in [0.717, 1.165) is 5.56 Å². The van der Waals surface area contributed by atoms with Crippen LogP contribution in [0.5, 0.6) is 5.75 Å². The summed E-state index contributed by atoms with van der Waals surface area (Å²) in [5.41, 5.74) is 2.28. The maximum atomic E-state index is 13.2. The molecule has 3 rings (SSSR count). The summed E-state index contributed by atoms with van der Waals surface area (Å²) in [6.45, 7) is 1.55. The van der Waals surface area contributed by atoms with E-state index in [-0.39, 0.29) is 36.3 Å². The summed E-state index contributed by atoms with van der Waals surface area (Å²) in [5.74, 6) is -1.16. The average Bonchev–Trinajstić information content (AvgIpc) is 2.72. The second-order valence-corrected chi connectivity index (χ2v) is 6.86. The molecule has 0 aliphatic carbocycles. The first kappa shape index (κ1) is 21.7. The molecule has 6 nitrogen and oxygen atoms in total. The van der Waals surface area contributed by atoms with Gasteiger partial charge in [-0.25, -0.2) is 4.39 Å². The molecule has 0 unspecified atom stereocenters. The van der Waals surface area contributed by atoms with E-state index in [1.165, 1.54) is 25.1 Å².